The lowest BCUT2D eigenvalue weighted by atomic mass is 9.90. The molecule has 1 heterocycles. The molecule has 0 amide bonds. The van der Waals surface area contributed by atoms with Gasteiger partial charge in [-0.25, -0.2) is 9.98 Å². The minimum Gasteiger partial charge on any atom is -0.282 e. The van der Waals surface area contributed by atoms with Crippen molar-refractivity contribution in [2.75, 3.05) is 0 Å². The minimum atomic E-state index is 0.127. The topological polar surface area (TPSA) is 72.4 Å². The first-order chi connectivity index (χ1) is 25.1. The molecular formula is C46H30N4S. The molecular weight excluding hydrogens is 641 g/mol. The van der Waals surface area contributed by atoms with E-state index in [1.165, 1.54) is 20.2 Å². The number of thiophene rings is 1. The quantitative estimate of drug-likeness (QED) is 0.139. The van der Waals surface area contributed by atoms with E-state index in [0.29, 0.717) is 17.0 Å². The molecule has 0 saturated carbocycles. The highest BCUT2D eigenvalue weighted by Crippen LogP contribution is 2.45. The SMILES string of the molecule is N#Cc1ccc(-c2c(-c3ccc(C(=N)N=C(N=Cc4cccc(-c5ccccc5)c4)c4ccccc4)cc3)ccc3sc4ccccc4c23)cc1. The van der Waals surface area contributed by atoms with Crippen LogP contribution in [-0.2, 0) is 0 Å². The summed E-state index contributed by atoms with van der Waals surface area (Å²) in [6.07, 6.45) is 1.81. The molecule has 8 aromatic rings. The first kappa shape index (κ1) is 31.5. The molecule has 0 spiro atoms. The van der Waals surface area contributed by atoms with Crippen LogP contribution in [0.2, 0.25) is 0 Å². The van der Waals surface area contributed by atoms with E-state index >= 15 is 0 Å². The largest absolute Gasteiger partial charge is 0.282 e. The fourth-order valence-corrected chi connectivity index (χ4v) is 7.48. The van der Waals surface area contributed by atoms with Crippen molar-refractivity contribution in [3.63, 3.8) is 0 Å². The summed E-state index contributed by atoms with van der Waals surface area (Å²) >= 11 is 1.79. The number of benzene rings is 7. The number of nitrogens with one attached hydrogen (secondary N) is 1. The maximum absolute atomic E-state index is 9.45. The fraction of sp³-hybridized carbons (Fsp3) is 0. The first-order valence-electron chi connectivity index (χ1n) is 16.6. The van der Waals surface area contributed by atoms with E-state index in [1.54, 1.807) is 11.3 Å². The van der Waals surface area contributed by atoms with Gasteiger partial charge in [0, 0.05) is 37.5 Å². The Balaban J connectivity index is 1.15. The van der Waals surface area contributed by atoms with Gasteiger partial charge in [-0.2, -0.15) is 5.26 Å². The van der Waals surface area contributed by atoms with Crippen molar-refractivity contribution in [1.29, 1.82) is 10.7 Å². The summed E-state index contributed by atoms with van der Waals surface area (Å²) < 4.78 is 2.45. The summed E-state index contributed by atoms with van der Waals surface area (Å²) in [6.45, 7) is 0. The van der Waals surface area contributed by atoms with Gasteiger partial charge in [0.15, 0.2) is 11.7 Å². The van der Waals surface area contributed by atoms with Crippen LogP contribution >= 0.6 is 11.3 Å². The Kier molecular flexibility index (Phi) is 8.66. The molecule has 0 atom stereocenters. The van der Waals surface area contributed by atoms with Gasteiger partial charge in [-0.3, -0.25) is 5.41 Å². The van der Waals surface area contributed by atoms with E-state index in [9.17, 15) is 5.26 Å². The zero-order valence-corrected chi connectivity index (χ0v) is 28.3. The number of hydrogen-bond acceptors (Lipinski definition) is 3. The van der Waals surface area contributed by atoms with Gasteiger partial charge in [-0.1, -0.05) is 140 Å². The second-order valence-electron chi connectivity index (χ2n) is 12.1. The third-order valence-electron chi connectivity index (χ3n) is 8.89. The van der Waals surface area contributed by atoms with Crippen molar-refractivity contribution < 1.29 is 0 Å². The molecule has 0 radical (unpaired) electrons. The number of hydrogen-bond donors (Lipinski definition) is 1. The Morgan fingerprint density at radius 2 is 1.27 bits per heavy atom. The third kappa shape index (κ3) is 6.52. The second-order valence-corrected chi connectivity index (χ2v) is 13.2. The summed E-state index contributed by atoms with van der Waals surface area (Å²) in [4.78, 5) is 9.54. The van der Waals surface area contributed by atoms with E-state index in [4.69, 9.17) is 15.4 Å². The average molecular weight is 671 g/mol. The van der Waals surface area contributed by atoms with Crippen molar-refractivity contribution in [3.8, 4) is 39.4 Å². The monoisotopic (exact) mass is 670 g/mol. The van der Waals surface area contributed by atoms with Crippen LogP contribution in [0.5, 0.6) is 0 Å². The van der Waals surface area contributed by atoms with Crippen LogP contribution in [0.1, 0.15) is 22.3 Å². The predicted octanol–water partition coefficient (Wildman–Crippen LogP) is 11.8. The molecule has 0 bridgehead atoms. The molecule has 0 saturated heterocycles. The first-order valence-corrected chi connectivity index (χ1v) is 17.4. The smallest absolute Gasteiger partial charge is 0.161 e. The van der Waals surface area contributed by atoms with Crippen LogP contribution in [0, 0.1) is 16.7 Å². The lowest BCUT2D eigenvalue weighted by molar-refractivity contribution is 1.40. The fourth-order valence-electron chi connectivity index (χ4n) is 6.37. The Hall–Kier alpha value is -6.74. The number of fused-ring (bicyclic) bond motifs is 3. The number of nitriles is 1. The molecule has 7 aromatic carbocycles. The molecule has 0 aliphatic heterocycles. The average Bonchev–Trinajstić information content (AvgIpc) is 3.59. The van der Waals surface area contributed by atoms with E-state index in [2.05, 4.69) is 78.9 Å². The minimum absolute atomic E-state index is 0.127. The van der Waals surface area contributed by atoms with Crippen molar-refractivity contribution >= 4 is 49.4 Å². The zero-order chi connectivity index (χ0) is 34.6. The number of nitrogens with zero attached hydrogens (tertiary/aromatic N) is 3. The molecule has 5 heteroatoms. The van der Waals surface area contributed by atoms with Crippen molar-refractivity contribution in [2.24, 2.45) is 9.98 Å². The zero-order valence-electron chi connectivity index (χ0n) is 27.5. The molecule has 240 valence electrons. The number of rotatable bonds is 6. The number of aliphatic imine (C=N–C) groups is 2. The Bertz CT molecular complexity index is 2630. The molecule has 1 N–H and O–H groups in total. The van der Waals surface area contributed by atoms with Gasteiger partial charge in [-0.15, -0.1) is 11.3 Å². The van der Waals surface area contributed by atoms with E-state index in [1.807, 2.05) is 103 Å². The lowest BCUT2D eigenvalue weighted by Crippen LogP contribution is -2.04. The molecule has 4 nitrogen and oxygen atoms in total. The van der Waals surface area contributed by atoms with Crippen LogP contribution in [-0.4, -0.2) is 17.9 Å². The second kappa shape index (κ2) is 14.0. The highest BCUT2D eigenvalue weighted by atomic mass is 32.1. The molecule has 0 unspecified atom stereocenters. The Morgan fingerprint density at radius 1 is 0.588 bits per heavy atom. The van der Waals surface area contributed by atoms with E-state index in [0.717, 1.165) is 44.5 Å². The molecule has 0 aliphatic rings. The van der Waals surface area contributed by atoms with Gasteiger partial charge in [0.1, 0.15) is 0 Å². The van der Waals surface area contributed by atoms with Crippen molar-refractivity contribution in [3.05, 3.63) is 192 Å². The third-order valence-corrected chi connectivity index (χ3v) is 10.0. The highest BCUT2D eigenvalue weighted by molar-refractivity contribution is 7.26. The Labute approximate surface area is 300 Å². The summed E-state index contributed by atoms with van der Waals surface area (Å²) in [6, 6.07) is 59.3. The van der Waals surface area contributed by atoms with E-state index < -0.39 is 0 Å². The summed E-state index contributed by atoms with van der Waals surface area (Å²) in [5.41, 5.74) is 9.66. The maximum atomic E-state index is 9.45. The molecule has 1 aromatic heterocycles. The van der Waals surface area contributed by atoms with E-state index in [-0.39, 0.29) is 5.84 Å². The normalized spacial score (nSPS) is 11.6. The van der Waals surface area contributed by atoms with Gasteiger partial charge < -0.3 is 0 Å². The van der Waals surface area contributed by atoms with Crippen molar-refractivity contribution in [2.45, 2.75) is 0 Å². The number of amidine groups is 2. The maximum Gasteiger partial charge on any atom is 0.161 e. The summed E-state index contributed by atoms with van der Waals surface area (Å²) in [5.74, 6) is 0.592. The van der Waals surface area contributed by atoms with Gasteiger partial charge in [0.25, 0.3) is 0 Å². The molecule has 0 fully saturated rings. The van der Waals surface area contributed by atoms with Crippen molar-refractivity contribution in [1.82, 2.24) is 0 Å². The van der Waals surface area contributed by atoms with Gasteiger partial charge in [0.05, 0.1) is 11.6 Å². The summed E-state index contributed by atoms with van der Waals surface area (Å²) in [7, 11) is 0. The van der Waals surface area contributed by atoms with Gasteiger partial charge in [0.2, 0.25) is 0 Å². The summed E-state index contributed by atoms with van der Waals surface area (Å²) in [5, 5.41) is 20.9. The van der Waals surface area contributed by atoms with Crippen LogP contribution in [0.3, 0.4) is 0 Å². The lowest BCUT2D eigenvalue weighted by Gasteiger charge is -2.14. The van der Waals surface area contributed by atoms with Gasteiger partial charge >= 0.3 is 0 Å². The molecule has 8 rings (SSSR count). The molecule has 51 heavy (non-hydrogen) atoms. The van der Waals surface area contributed by atoms with Crippen LogP contribution in [0.15, 0.2) is 180 Å². The van der Waals surface area contributed by atoms with Crippen LogP contribution < -0.4 is 0 Å². The van der Waals surface area contributed by atoms with Gasteiger partial charge in [-0.05, 0) is 69.3 Å². The Morgan fingerprint density at radius 3 is 2.04 bits per heavy atom. The standard InChI is InChI=1S/C46H30N4S/c47-29-31-18-20-35(21-19-31)43-39(26-27-42-44(43)40-16-7-8-17-41(40)51-42)34-22-24-36(25-23-34)45(48)50-46(37-13-5-2-6-14-37)49-30-32-10-9-15-38(28-32)33-11-3-1-4-12-33/h1-28,30,48H. The predicted molar refractivity (Wildman–Crippen MR) is 214 cm³/mol. The molecule has 0 aliphatic carbocycles. The van der Waals surface area contributed by atoms with Crippen LogP contribution in [0.25, 0.3) is 53.6 Å². The highest BCUT2D eigenvalue weighted by Gasteiger charge is 2.17. The van der Waals surface area contributed by atoms with Crippen LogP contribution in [0.4, 0.5) is 0 Å².